The van der Waals surface area contributed by atoms with E-state index in [1.807, 2.05) is 0 Å². The third-order valence-electron chi connectivity index (χ3n) is 2.21. The predicted octanol–water partition coefficient (Wildman–Crippen LogP) is 0.267. The minimum Gasteiger partial charge on any atom is -0.373 e. The smallest absolute Gasteiger partial charge is 0.0850 e. The monoisotopic (exact) mass is 113 g/mol. The van der Waals surface area contributed by atoms with Gasteiger partial charge in [0.1, 0.15) is 0 Å². The maximum atomic E-state index is 5.64. The van der Waals surface area contributed by atoms with Gasteiger partial charge in [0.2, 0.25) is 0 Å². The zero-order chi connectivity index (χ0) is 5.61. The van der Waals surface area contributed by atoms with E-state index in [-0.39, 0.29) is 5.60 Å². The van der Waals surface area contributed by atoms with Crippen LogP contribution in [0, 0.1) is 0 Å². The number of hydrogen-bond donors (Lipinski definition) is 1. The van der Waals surface area contributed by atoms with Crippen molar-refractivity contribution in [3.8, 4) is 0 Å². The Morgan fingerprint density at radius 1 is 1.62 bits per heavy atom. The molecule has 2 aliphatic rings. The molecule has 0 aromatic carbocycles. The highest BCUT2D eigenvalue weighted by Crippen LogP contribution is 2.45. The first-order valence-electron chi connectivity index (χ1n) is 3.23. The van der Waals surface area contributed by atoms with Crippen LogP contribution in [0.3, 0.4) is 0 Å². The SMILES string of the molecule is NC1CC12CCCO2. The lowest BCUT2D eigenvalue weighted by molar-refractivity contribution is 0.0860. The Hall–Kier alpha value is -0.0800. The molecule has 2 unspecified atom stereocenters. The summed E-state index contributed by atoms with van der Waals surface area (Å²) in [5, 5.41) is 0. The normalized spacial score (nSPS) is 52.9. The summed E-state index contributed by atoms with van der Waals surface area (Å²) in [5.74, 6) is 0. The third-order valence-corrected chi connectivity index (χ3v) is 2.21. The lowest BCUT2D eigenvalue weighted by atomic mass is 10.2. The van der Waals surface area contributed by atoms with Gasteiger partial charge in [-0.1, -0.05) is 0 Å². The fourth-order valence-electron chi connectivity index (χ4n) is 1.49. The van der Waals surface area contributed by atoms with Gasteiger partial charge in [-0.15, -0.1) is 0 Å². The first-order valence-corrected chi connectivity index (χ1v) is 3.23. The van der Waals surface area contributed by atoms with E-state index in [9.17, 15) is 0 Å². The average Bonchev–Trinajstić information content (AvgIpc) is 2.29. The van der Waals surface area contributed by atoms with Gasteiger partial charge >= 0.3 is 0 Å². The molecule has 1 saturated heterocycles. The Morgan fingerprint density at radius 2 is 2.38 bits per heavy atom. The summed E-state index contributed by atoms with van der Waals surface area (Å²) in [6.07, 6.45) is 3.52. The molecule has 1 heterocycles. The van der Waals surface area contributed by atoms with E-state index >= 15 is 0 Å². The van der Waals surface area contributed by atoms with Gasteiger partial charge in [0.25, 0.3) is 0 Å². The Kier molecular flexibility index (Phi) is 0.746. The van der Waals surface area contributed by atoms with E-state index in [2.05, 4.69) is 0 Å². The molecule has 0 bridgehead atoms. The maximum Gasteiger partial charge on any atom is 0.0850 e. The van der Waals surface area contributed by atoms with Crippen molar-refractivity contribution in [3.63, 3.8) is 0 Å². The highest BCUT2D eigenvalue weighted by molar-refractivity contribution is 5.10. The molecule has 2 nitrogen and oxygen atoms in total. The van der Waals surface area contributed by atoms with Crippen LogP contribution in [0.15, 0.2) is 0 Å². The molecule has 2 fully saturated rings. The van der Waals surface area contributed by atoms with E-state index in [0.717, 1.165) is 13.0 Å². The molecule has 0 aromatic heterocycles. The van der Waals surface area contributed by atoms with Gasteiger partial charge in [-0.3, -0.25) is 0 Å². The topological polar surface area (TPSA) is 35.2 Å². The second-order valence-electron chi connectivity index (χ2n) is 2.83. The van der Waals surface area contributed by atoms with Crippen LogP contribution in [0.4, 0.5) is 0 Å². The molecule has 8 heavy (non-hydrogen) atoms. The fourth-order valence-corrected chi connectivity index (χ4v) is 1.49. The zero-order valence-electron chi connectivity index (χ0n) is 4.89. The van der Waals surface area contributed by atoms with Crippen LogP contribution < -0.4 is 5.73 Å². The molecule has 0 aromatic rings. The van der Waals surface area contributed by atoms with Crippen molar-refractivity contribution in [2.45, 2.75) is 30.9 Å². The van der Waals surface area contributed by atoms with Gasteiger partial charge in [0.15, 0.2) is 0 Å². The fraction of sp³-hybridized carbons (Fsp3) is 1.00. The molecular formula is C6H11NO. The summed E-state index contributed by atoms with van der Waals surface area (Å²) in [6, 6.07) is 0.366. The van der Waals surface area contributed by atoms with Crippen molar-refractivity contribution >= 4 is 0 Å². The zero-order valence-corrected chi connectivity index (χ0v) is 4.89. The van der Waals surface area contributed by atoms with Crippen LogP contribution in [0.5, 0.6) is 0 Å². The summed E-state index contributed by atoms with van der Waals surface area (Å²) < 4.78 is 5.44. The van der Waals surface area contributed by atoms with Gasteiger partial charge in [0, 0.05) is 12.6 Å². The molecule has 2 rings (SSSR count). The second-order valence-corrected chi connectivity index (χ2v) is 2.83. The van der Waals surface area contributed by atoms with Crippen LogP contribution >= 0.6 is 0 Å². The van der Waals surface area contributed by atoms with Gasteiger partial charge in [0.05, 0.1) is 5.60 Å². The second kappa shape index (κ2) is 1.25. The Morgan fingerprint density at radius 3 is 2.62 bits per heavy atom. The van der Waals surface area contributed by atoms with Crippen LogP contribution in [0.25, 0.3) is 0 Å². The summed E-state index contributed by atoms with van der Waals surface area (Å²) >= 11 is 0. The molecule has 1 aliphatic carbocycles. The van der Waals surface area contributed by atoms with Crippen molar-refractivity contribution in [2.24, 2.45) is 5.73 Å². The predicted molar refractivity (Wildman–Crippen MR) is 30.5 cm³/mol. The lowest BCUT2D eigenvalue weighted by Crippen LogP contribution is -2.18. The van der Waals surface area contributed by atoms with Crippen LogP contribution in [0.1, 0.15) is 19.3 Å². The van der Waals surface area contributed by atoms with Crippen molar-refractivity contribution in [1.82, 2.24) is 0 Å². The van der Waals surface area contributed by atoms with Crippen LogP contribution in [-0.2, 0) is 4.74 Å². The molecule has 2 heteroatoms. The standard InChI is InChI=1S/C6H11NO/c7-5-4-6(5)2-1-3-8-6/h5H,1-4,7H2. The quantitative estimate of drug-likeness (QED) is 0.489. The van der Waals surface area contributed by atoms with Gasteiger partial charge in [-0.25, -0.2) is 0 Å². The first kappa shape index (κ1) is 4.77. The minimum atomic E-state index is 0.181. The molecular weight excluding hydrogens is 102 g/mol. The van der Waals surface area contributed by atoms with Gasteiger partial charge < -0.3 is 10.5 Å². The highest BCUT2D eigenvalue weighted by Gasteiger charge is 2.54. The number of hydrogen-bond acceptors (Lipinski definition) is 2. The van der Waals surface area contributed by atoms with Crippen LogP contribution in [-0.4, -0.2) is 18.2 Å². The Labute approximate surface area is 49.0 Å². The number of ether oxygens (including phenoxy) is 1. The number of nitrogens with two attached hydrogens (primary N) is 1. The first-order chi connectivity index (χ1) is 3.83. The third kappa shape index (κ3) is 0.446. The molecule has 1 spiro atoms. The van der Waals surface area contributed by atoms with Crippen LogP contribution in [0.2, 0.25) is 0 Å². The van der Waals surface area contributed by atoms with Gasteiger partial charge in [-0.2, -0.15) is 0 Å². The van der Waals surface area contributed by atoms with Crippen molar-refractivity contribution in [1.29, 1.82) is 0 Å². The summed E-state index contributed by atoms with van der Waals surface area (Å²) in [4.78, 5) is 0. The molecule has 1 saturated carbocycles. The van der Waals surface area contributed by atoms with Gasteiger partial charge in [-0.05, 0) is 19.3 Å². The minimum absolute atomic E-state index is 0.181. The largest absolute Gasteiger partial charge is 0.373 e. The summed E-state index contributed by atoms with van der Waals surface area (Å²) in [7, 11) is 0. The lowest BCUT2D eigenvalue weighted by Gasteiger charge is -2.03. The Balaban J connectivity index is 2.06. The number of rotatable bonds is 0. The highest BCUT2D eigenvalue weighted by atomic mass is 16.5. The summed E-state index contributed by atoms with van der Waals surface area (Å²) in [6.45, 7) is 0.938. The van der Waals surface area contributed by atoms with Crippen molar-refractivity contribution < 1.29 is 4.74 Å². The van der Waals surface area contributed by atoms with E-state index < -0.39 is 0 Å². The Bertz CT molecular complexity index is 107. The van der Waals surface area contributed by atoms with E-state index in [1.54, 1.807) is 0 Å². The van der Waals surface area contributed by atoms with Crippen molar-refractivity contribution in [2.75, 3.05) is 6.61 Å². The van der Waals surface area contributed by atoms with Crippen molar-refractivity contribution in [3.05, 3.63) is 0 Å². The molecule has 1 aliphatic heterocycles. The molecule has 2 N–H and O–H groups in total. The van der Waals surface area contributed by atoms with E-state index in [4.69, 9.17) is 10.5 Å². The molecule has 2 atom stereocenters. The maximum absolute atomic E-state index is 5.64. The molecule has 0 radical (unpaired) electrons. The van der Waals surface area contributed by atoms with E-state index in [1.165, 1.54) is 12.8 Å². The molecule has 46 valence electrons. The molecule has 0 amide bonds. The summed E-state index contributed by atoms with van der Waals surface area (Å²) in [5.41, 5.74) is 5.82. The van der Waals surface area contributed by atoms with E-state index in [0.29, 0.717) is 6.04 Å². The average molecular weight is 113 g/mol.